The van der Waals surface area contributed by atoms with Gasteiger partial charge in [0.25, 0.3) is 0 Å². The topological polar surface area (TPSA) is 139 Å². The van der Waals surface area contributed by atoms with Crippen LogP contribution in [0.1, 0.15) is 13.8 Å². The van der Waals surface area contributed by atoms with Crippen molar-refractivity contribution in [2.75, 3.05) is 23.9 Å². The SMILES string of the molecule is CC(C)(CO)CNc1nc(NN)ncc1[N+](=O)[O-]. The van der Waals surface area contributed by atoms with Crippen molar-refractivity contribution in [3.05, 3.63) is 16.3 Å². The highest BCUT2D eigenvalue weighted by Crippen LogP contribution is 2.23. The number of nitrogens with one attached hydrogen (secondary N) is 2. The molecule has 1 aromatic heterocycles. The molecule has 0 bridgehead atoms. The Balaban J connectivity index is 2.94. The first-order valence-corrected chi connectivity index (χ1v) is 5.22. The van der Waals surface area contributed by atoms with Gasteiger partial charge in [-0.15, -0.1) is 0 Å². The molecule has 0 aromatic carbocycles. The lowest BCUT2D eigenvalue weighted by Crippen LogP contribution is -2.27. The molecule has 0 aliphatic rings. The van der Waals surface area contributed by atoms with Crippen molar-refractivity contribution in [1.29, 1.82) is 0 Å². The Labute approximate surface area is 104 Å². The first-order valence-electron chi connectivity index (χ1n) is 5.22. The number of nitrogen functional groups attached to an aromatic ring is 1. The van der Waals surface area contributed by atoms with E-state index in [1.54, 1.807) is 0 Å². The van der Waals surface area contributed by atoms with Crippen molar-refractivity contribution in [3.8, 4) is 0 Å². The number of aromatic nitrogens is 2. The van der Waals surface area contributed by atoms with Crippen molar-refractivity contribution in [1.82, 2.24) is 9.97 Å². The molecule has 1 heterocycles. The lowest BCUT2D eigenvalue weighted by Gasteiger charge is -2.22. The van der Waals surface area contributed by atoms with E-state index in [9.17, 15) is 10.1 Å². The molecule has 0 unspecified atom stereocenters. The van der Waals surface area contributed by atoms with E-state index in [0.717, 1.165) is 6.20 Å². The van der Waals surface area contributed by atoms with Crippen LogP contribution in [0, 0.1) is 15.5 Å². The lowest BCUT2D eigenvalue weighted by atomic mass is 9.95. The van der Waals surface area contributed by atoms with Crippen LogP contribution in [-0.4, -0.2) is 33.1 Å². The number of hydrogen-bond acceptors (Lipinski definition) is 8. The van der Waals surface area contributed by atoms with Gasteiger partial charge in [0, 0.05) is 18.6 Å². The number of aliphatic hydroxyl groups is 1. The third-order valence-electron chi connectivity index (χ3n) is 2.26. The second-order valence-corrected chi connectivity index (χ2v) is 4.50. The monoisotopic (exact) mass is 256 g/mol. The minimum atomic E-state index is -0.589. The van der Waals surface area contributed by atoms with E-state index in [0.29, 0.717) is 6.54 Å². The van der Waals surface area contributed by atoms with E-state index >= 15 is 0 Å². The number of anilines is 2. The van der Waals surface area contributed by atoms with Crippen molar-refractivity contribution in [2.24, 2.45) is 11.3 Å². The number of hydrogen-bond donors (Lipinski definition) is 4. The summed E-state index contributed by atoms with van der Waals surface area (Å²) in [6, 6.07) is 0. The molecule has 1 aromatic rings. The molecule has 5 N–H and O–H groups in total. The summed E-state index contributed by atoms with van der Waals surface area (Å²) in [5, 5.41) is 22.7. The fourth-order valence-electron chi connectivity index (χ4n) is 1.09. The first kappa shape index (κ1) is 14.1. The van der Waals surface area contributed by atoms with Gasteiger partial charge in [0.1, 0.15) is 6.20 Å². The number of nitrogens with zero attached hydrogens (tertiary/aromatic N) is 3. The zero-order valence-electron chi connectivity index (χ0n) is 10.2. The quantitative estimate of drug-likeness (QED) is 0.319. The summed E-state index contributed by atoms with van der Waals surface area (Å²) in [7, 11) is 0. The maximum Gasteiger partial charge on any atom is 0.329 e. The highest BCUT2D eigenvalue weighted by Gasteiger charge is 2.21. The van der Waals surface area contributed by atoms with Crippen LogP contribution >= 0.6 is 0 Å². The maximum absolute atomic E-state index is 10.8. The smallest absolute Gasteiger partial charge is 0.329 e. The molecule has 1 rings (SSSR count). The van der Waals surface area contributed by atoms with E-state index in [2.05, 4.69) is 20.7 Å². The van der Waals surface area contributed by atoms with Gasteiger partial charge in [-0.05, 0) is 0 Å². The normalized spacial score (nSPS) is 11.1. The largest absolute Gasteiger partial charge is 0.396 e. The number of rotatable bonds is 6. The molecule has 0 aliphatic heterocycles. The van der Waals surface area contributed by atoms with Gasteiger partial charge in [0.05, 0.1) is 4.92 Å². The Morgan fingerprint density at radius 3 is 2.78 bits per heavy atom. The van der Waals surface area contributed by atoms with Crippen LogP contribution in [0.4, 0.5) is 17.5 Å². The van der Waals surface area contributed by atoms with Crippen molar-refractivity contribution >= 4 is 17.5 Å². The Morgan fingerprint density at radius 1 is 1.61 bits per heavy atom. The summed E-state index contributed by atoms with van der Waals surface area (Å²) in [4.78, 5) is 17.7. The number of nitro groups is 1. The minimum Gasteiger partial charge on any atom is -0.396 e. The van der Waals surface area contributed by atoms with Crippen LogP contribution < -0.4 is 16.6 Å². The van der Waals surface area contributed by atoms with Gasteiger partial charge in [-0.2, -0.15) is 4.98 Å². The average molecular weight is 256 g/mol. The average Bonchev–Trinajstić information content (AvgIpc) is 2.36. The van der Waals surface area contributed by atoms with Gasteiger partial charge in [-0.1, -0.05) is 13.8 Å². The molecule has 9 heteroatoms. The molecule has 0 saturated heterocycles. The summed E-state index contributed by atoms with van der Waals surface area (Å²) in [5.74, 6) is 5.27. The van der Waals surface area contributed by atoms with E-state index in [1.165, 1.54) is 0 Å². The summed E-state index contributed by atoms with van der Waals surface area (Å²) in [6.45, 7) is 3.90. The molecule has 0 radical (unpaired) electrons. The molecule has 0 atom stereocenters. The van der Waals surface area contributed by atoms with E-state index in [4.69, 9.17) is 10.9 Å². The van der Waals surface area contributed by atoms with Gasteiger partial charge >= 0.3 is 5.69 Å². The molecular formula is C9H16N6O3. The maximum atomic E-state index is 10.8. The Bertz CT molecular complexity index is 436. The van der Waals surface area contributed by atoms with E-state index in [-0.39, 0.29) is 24.1 Å². The van der Waals surface area contributed by atoms with Crippen LogP contribution in [0.5, 0.6) is 0 Å². The van der Waals surface area contributed by atoms with Crippen LogP contribution in [0.3, 0.4) is 0 Å². The molecule has 0 saturated carbocycles. The van der Waals surface area contributed by atoms with Gasteiger partial charge in [0.15, 0.2) is 0 Å². The summed E-state index contributed by atoms with van der Waals surface area (Å²) >= 11 is 0. The Kier molecular flexibility index (Phi) is 4.34. The van der Waals surface area contributed by atoms with Gasteiger partial charge in [-0.25, -0.2) is 10.8 Å². The molecule has 0 fully saturated rings. The molecule has 100 valence electrons. The Hall–Kier alpha value is -2.00. The van der Waals surface area contributed by atoms with Crippen LogP contribution in [0.25, 0.3) is 0 Å². The second kappa shape index (κ2) is 5.56. The minimum absolute atomic E-state index is 0.0547. The number of hydrazine groups is 1. The standard InChI is InChI=1S/C9H16N6O3/c1-9(2,5-16)4-12-7-6(15(17)18)3-11-8(13-7)14-10/h3,16H,4-5,10H2,1-2H3,(H2,11,12,13,14). The molecule has 18 heavy (non-hydrogen) atoms. The molecule has 9 nitrogen and oxygen atoms in total. The van der Waals surface area contributed by atoms with Crippen molar-refractivity contribution < 1.29 is 10.0 Å². The molecule has 0 spiro atoms. The third kappa shape index (κ3) is 3.50. The molecule has 0 aliphatic carbocycles. The fourth-order valence-corrected chi connectivity index (χ4v) is 1.09. The zero-order valence-corrected chi connectivity index (χ0v) is 10.2. The first-order chi connectivity index (χ1) is 8.39. The molecular weight excluding hydrogens is 240 g/mol. The summed E-state index contributed by atoms with van der Waals surface area (Å²) < 4.78 is 0. The zero-order chi connectivity index (χ0) is 13.8. The molecule has 0 amide bonds. The van der Waals surface area contributed by atoms with Crippen molar-refractivity contribution in [3.63, 3.8) is 0 Å². The highest BCUT2D eigenvalue weighted by atomic mass is 16.6. The van der Waals surface area contributed by atoms with Gasteiger partial charge < -0.3 is 10.4 Å². The predicted molar refractivity (Wildman–Crippen MR) is 65.9 cm³/mol. The summed E-state index contributed by atoms with van der Waals surface area (Å²) in [5.41, 5.74) is 1.54. The van der Waals surface area contributed by atoms with Crippen LogP contribution in [0.15, 0.2) is 6.20 Å². The van der Waals surface area contributed by atoms with Crippen LogP contribution in [0.2, 0.25) is 0 Å². The van der Waals surface area contributed by atoms with Crippen LogP contribution in [-0.2, 0) is 0 Å². The number of nitrogens with two attached hydrogens (primary N) is 1. The highest BCUT2D eigenvalue weighted by molar-refractivity contribution is 5.56. The summed E-state index contributed by atoms with van der Waals surface area (Å²) in [6.07, 6.45) is 1.07. The van der Waals surface area contributed by atoms with E-state index in [1.807, 2.05) is 13.8 Å². The van der Waals surface area contributed by atoms with E-state index < -0.39 is 10.3 Å². The van der Waals surface area contributed by atoms with Crippen molar-refractivity contribution in [2.45, 2.75) is 13.8 Å². The van der Waals surface area contributed by atoms with Gasteiger partial charge in [0.2, 0.25) is 11.8 Å². The number of aliphatic hydroxyl groups excluding tert-OH is 1. The predicted octanol–water partition coefficient (Wildman–Crippen LogP) is 0.101. The third-order valence-corrected chi connectivity index (χ3v) is 2.26. The fraction of sp³-hybridized carbons (Fsp3) is 0.556. The second-order valence-electron chi connectivity index (χ2n) is 4.50. The lowest BCUT2D eigenvalue weighted by molar-refractivity contribution is -0.384. The Morgan fingerprint density at radius 2 is 2.28 bits per heavy atom. The van der Waals surface area contributed by atoms with Gasteiger partial charge in [-0.3, -0.25) is 15.5 Å².